The highest BCUT2D eigenvalue weighted by Gasteiger charge is 2.20. The summed E-state index contributed by atoms with van der Waals surface area (Å²) in [7, 11) is 0. The van der Waals surface area contributed by atoms with Crippen LogP contribution in [0, 0.1) is 0 Å². The molecule has 5 heteroatoms. The molecule has 0 unspecified atom stereocenters. The van der Waals surface area contributed by atoms with Crippen LogP contribution >= 0.6 is 11.3 Å². The fourth-order valence-corrected chi connectivity index (χ4v) is 10.5. The molecule has 0 N–H and O–H groups in total. The molecule has 2 heterocycles. The molecule has 10 aromatic carbocycles. The minimum atomic E-state index is 0.990. The fourth-order valence-electron chi connectivity index (χ4n) is 9.33. The number of hydrogen-bond acceptors (Lipinski definition) is 4. The molecule has 0 atom stereocenters. The minimum absolute atomic E-state index is 0.990. The number of fused-ring (bicyclic) bond motifs is 4. The van der Waals surface area contributed by atoms with Gasteiger partial charge in [0.1, 0.15) is 5.01 Å². The third-order valence-electron chi connectivity index (χ3n) is 12.4. The zero-order chi connectivity index (χ0) is 43.8. The minimum Gasteiger partial charge on any atom is -0.311 e. The number of aromatic nitrogens is 2. The van der Waals surface area contributed by atoms with Crippen LogP contribution in [0.5, 0.6) is 0 Å². The molecule has 0 amide bonds. The number of anilines is 6. The van der Waals surface area contributed by atoms with E-state index in [4.69, 9.17) is 4.98 Å². The normalized spacial score (nSPS) is 11.3. The Hall–Kier alpha value is -8.51. The Morgan fingerprint density at radius 3 is 1.27 bits per heavy atom. The Labute approximate surface area is 388 Å². The topological polar surface area (TPSA) is 24.3 Å². The van der Waals surface area contributed by atoms with Gasteiger partial charge in [-0.25, -0.2) is 4.98 Å². The standard InChI is InChI=1S/C61H42N4S/c1-6-18-46(19-7-1)63(47-20-8-2-9-21-47)51-35-30-43(31-36-51)53-39-40-54(44-32-37-52(38-33-44)64(48-22-10-3-11-23-48)49-24-12-4-13-25-49)60-59(53)62-61(66-60)45-34-41-58-56(42-45)55-28-16-17-29-57(55)65(58)50-26-14-5-15-27-50/h1-42H. The van der Waals surface area contributed by atoms with Crippen molar-refractivity contribution in [3.8, 4) is 38.5 Å². The van der Waals surface area contributed by atoms with Crippen LogP contribution in [0.2, 0.25) is 0 Å². The van der Waals surface area contributed by atoms with Gasteiger partial charge in [-0.3, -0.25) is 0 Å². The molecule has 0 aliphatic heterocycles. The molecule has 0 saturated carbocycles. The monoisotopic (exact) mass is 862 g/mol. The average molecular weight is 863 g/mol. The van der Waals surface area contributed by atoms with Gasteiger partial charge < -0.3 is 14.4 Å². The summed E-state index contributed by atoms with van der Waals surface area (Å²) in [6, 6.07) is 90.9. The third kappa shape index (κ3) is 7.09. The molecule has 0 bridgehead atoms. The summed E-state index contributed by atoms with van der Waals surface area (Å²) in [5, 5.41) is 3.42. The van der Waals surface area contributed by atoms with Crippen molar-refractivity contribution in [3.05, 3.63) is 255 Å². The molecule has 0 aliphatic rings. The number of para-hydroxylation sites is 6. The molecule has 4 nitrogen and oxygen atoms in total. The Morgan fingerprint density at radius 2 is 0.742 bits per heavy atom. The van der Waals surface area contributed by atoms with Crippen LogP contribution in [0.4, 0.5) is 34.1 Å². The molecule has 12 rings (SSSR count). The number of benzene rings is 10. The quantitative estimate of drug-likeness (QED) is 0.137. The van der Waals surface area contributed by atoms with Crippen molar-refractivity contribution in [1.82, 2.24) is 9.55 Å². The lowest BCUT2D eigenvalue weighted by molar-refractivity contribution is 1.18. The van der Waals surface area contributed by atoms with E-state index in [1.165, 1.54) is 21.8 Å². The smallest absolute Gasteiger partial charge is 0.124 e. The van der Waals surface area contributed by atoms with E-state index in [1.807, 2.05) is 0 Å². The SMILES string of the molecule is c1ccc(N(c2ccccc2)c2ccc(-c3ccc(-c4ccc(N(c5ccccc5)c5ccccc5)cc4)c4sc(-c5ccc6c(c5)c5ccccc5n6-c5ccccc5)nc34)cc2)cc1. The van der Waals surface area contributed by atoms with Crippen LogP contribution in [0.15, 0.2) is 255 Å². The molecule has 2 aromatic heterocycles. The van der Waals surface area contributed by atoms with Gasteiger partial charge in [-0.15, -0.1) is 11.3 Å². The second-order valence-corrected chi connectivity index (χ2v) is 17.4. The third-order valence-corrected chi connectivity index (χ3v) is 13.5. The fraction of sp³-hybridized carbons (Fsp3) is 0. The maximum atomic E-state index is 5.57. The summed E-state index contributed by atoms with van der Waals surface area (Å²) in [6.45, 7) is 0. The number of rotatable bonds is 10. The van der Waals surface area contributed by atoms with Crippen molar-refractivity contribution < 1.29 is 0 Å². The molecule has 0 saturated heterocycles. The largest absolute Gasteiger partial charge is 0.311 e. The van der Waals surface area contributed by atoms with Crippen molar-refractivity contribution in [2.24, 2.45) is 0 Å². The highest BCUT2D eigenvalue weighted by atomic mass is 32.1. The number of thiazole rings is 1. The van der Waals surface area contributed by atoms with Gasteiger partial charge in [0.2, 0.25) is 0 Å². The van der Waals surface area contributed by atoms with Gasteiger partial charge in [0.05, 0.1) is 21.3 Å². The van der Waals surface area contributed by atoms with Crippen LogP contribution in [0.25, 0.3) is 70.5 Å². The maximum absolute atomic E-state index is 5.57. The lowest BCUT2D eigenvalue weighted by atomic mass is 9.98. The lowest BCUT2D eigenvalue weighted by Crippen LogP contribution is -2.09. The first-order valence-electron chi connectivity index (χ1n) is 22.3. The highest BCUT2D eigenvalue weighted by molar-refractivity contribution is 7.22. The maximum Gasteiger partial charge on any atom is 0.124 e. The number of hydrogen-bond donors (Lipinski definition) is 0. The highest BCUT2D eigenvalue weighted by Crippen LogP contribution is 2.45. The molecule has 0 radical (unpaired) electrons. The van der Waals surface area contributed by atoms with E-state index in [0.717, 1.165) is 82.9 Å². The van der Waals surface area contributed by atoms with Crippen LogP contribution in [0.3, 0.4) is 0 Å². The van der Waals surface area contributed by atoms with Crippen molar-refractivity contribution in [2.75, 3.05) is 9.80 Å². The van der Waals surface area contributed by atoms with Crippen LogP contribution in [-0.4, -0.2) is 9.55 Å². The first kappa shape index (κ1) is 39.1. The lowest BCUT2D eigenvalue weighted by Gasteiger charge is -2.25. The molecule has 0 spiro atoms. The van der Waals surface area contributed by atoms with Gasteiger partial charge in [0.15, 0.2) is 0 Å². The van der Waals surface area contributed by atoms with E-state index in [2.05, 4.69) is 269 Å². The molecule has 12 aromatic rings. The Kier molecular flexibility index (Phi) is 10.0. The average Bonchev–Trinajstić information content (AvgIpc) is 3.99. The zero-order valence-electron chi connectivity index (χ0n) is 35.9. The number of nitrogens with zero attached hydrogens (tertiary/aromatic N) is 4. The summed E-state index contributed by atoms with van der Waals surface area (Å²) in [5.41, 5.74) is 16.8. The van der Waals surface area contributed by atoms with Crippen molar-refractivity contribution in [2.45, 2.75) is 0 Å². The zero-order valence-corrected chi connectivity index (χ0v) is 36.8. The van der Waals surface area contributed by atoms with E-state index >= 15 is 0 Å². The molecular formula is C61H42N4S. The summed E-state index contributed by atoms with van der Waals surface area (Å²) in [4.78, 5) is 10.2. The van der Waals surface area contributed by atoms with Gasteiger partial charge in [0.25, 0.3) is 0 Å². The van der Waals surface area contributed by atoms with Gasteiger partial charge in [0, 0.05) is 67.3 Å². The molecule has 312 valence electrons. The van der Waals surface area contributed by atoms with Crippen LogP contribution < -0.4 is 9.80 Å². The molecule has 0 aliphatic carbocycles. The van der Waals surface area contributed by atoms with Crippen molar-refractivity contribution in [1.29, 1.82) is 0 Å². The predicted molar refractivity (Wildman–Crippen MR) is 280 cm³/mol. The molecular weight excluding hydrogens is 821 g/mol. The van der Waals surface area contributed by atoms with Crippen LogP contribution in [0.1, 0.15) is 0 Å². The molecule has 66 heavy (non-hydrogen) atoms. The van der Waals surface area contributed by atoms with Gasteiger partial charge in [-0.2, -0.15) is 0 Å². The second-order valence-electron chi connectivity index (χ2n) is 16.4. The Morgan fingerprint density at radius 1 is 0.333 bits per heavy atom. The molecule has 0 fully saturated rings. The van der Waals surface area contributed by atoms with Gasteiger partial charge >= 0.3 is 0 Å². The second kappa shape index (κ2) is 16.9. The van der Waals surface area contributed by atoms with E-state index in [9.17, 15) is 0 Å². The van der Waals surface area contributed by atoms with Crippen molar-refractivity contribution >= 4 is 77.5 Å². The van der Waals surface area contributed by atoms with Gasteiger partial charge in [-0.05, 0) is 120 Å². The Bertz CT molecular complexity index is 3360. The first-order valence-corrected chi connectivity index (χ1v) is 23.1. The van der Waals surface area contributed by atoms with E-state index < -0.39 is 0 Å². The van der Waals surface area contributed by atoms with E-state index in [0.29, 0.717) is 0 Å². The van der Waals surface area contributed by atoms with Gasteiger partial charge in [-0.1, -0.05) is 146 Å². The summed E-state index contributed by atoms with van der Waals surface area (Å²) in [6.07, 6.45) is 0. The summed E-state index contributed by atoms with van der Waals surface area (Å²) in [5.74, 6) is 0. The van der Waals surface area contributed by atoms with Crippen LogP contribution in [-0.2, 0) is 0 Å². The summed E-state index contributed by atoms with van der Waals surface area (Å²) < 4.78 is 3.52. The van der Waals surface area contributed by atoms with Crippen molar-refractivity contribution in [3.63, 3.8) is 0 Å². The predicted octanol–water partition coefficient (Wildman–Crippen LogP) is 17.3. The van der Waals surface area contributed by atoms with E-state index in [1.54, 1.807) is 11.3 Å². The first-order chi connectivity index (χ1) is 32.7. The van der Waals surface area contributed by atoms with E-state index in [-0.39, 0.29) is 0 Å². The Balaban J connectivity index is 0.995. The summed E-state index contributed by atoms with van der Waals surface area (Å²) >= 11 is 1.77.